The van der Waals surface area contributed by atoms with Crippen LogP contribution in [0.5, 0.6) is 0 Å². The first-order valence-electron chi connectivity index (χ1n) is 7.95. The molecule has 0 saturated carbocycles. The van der Waals surface area contributed by atoms with Crippen LogP contribution in [0.4, 0.5) is 0 Å². The van der Waals surface area contributed by atoms with Gasteiger partial charge in [0.15, 0.2) is 0 Å². The van der Waals surface area contributed by atoms with Gasteiger partial charge in [-0.3, -0.25) is 9.59 Å². The normalized spacial score (nSPS) is 10.8. The molecule has 0 heterocycles. The van der Waals surface area contributed by atoms with Gasteiger partial charge in [0.05, 0.1) is 6.07 Å². The molecule has 0 spiro atoms. The molecule has 25 heavy (non-hydrogen) atoms. The maximum atomic E-state index is 12.9. The number of imide groups is 1. The van der Waals surface area contributed by atoms with Crippen molar-refractivity contribution in [2.24, 2.45) is 0 Å². The molecule has 5 heteroatoms. The highest BCUT2D eigenvalue weighted by atomic mass is 16.2. The molecule has 0 aliphatic heterocycles. The minimum Gasteiger partial charge on any atom is -0.267 e. The van der Waals surface area contributed by atoms with E-state index in [1.54, 1.807) is 62.4 Å². The number of nitrogens with one attached hydrogen (secondary N) is 1. The number of hydrogen-bond acceptors (Lipinski definition) is 4. The second kappa shape index (κ2) is 7.29. The van der Waals surface area contributed by atoms with E-state index in [1.165, 1.54) is 0 Å². The van der Waals surface area contributed by atoms with Gasteiger partial charge in [-0.15, -0.1) is 0 Å². The van der Waals surface area contributed by atoms with Gasteiger partial charge in [0.2, 0.25) is 0 Å². The summed E-state index contributed by atoms with van der Waals surface area (Å²) in [4.78, 5) is 25.7. The lowest BCUT2D eigenvalue weighted by Gasteiger charge is -2.28. The van der Waals surface area contributed by atoms with Crippen LogP contribution in [-0.4, -0.2) is 22.4 Å². The van der Waals surface area contributed by atoms with Crippen LogP contribution < -0.4 is 5.43 Å². The Morgan fingerprint density at radius 2 is 1.24 bits per heavy atom. The van der Waals surface area contributed by atoms with Crippen molar-refractivity contribution in [2.45, 2.75) is 33.2 Å². The van der Waals surface area contributed by atoms with Gasteiger partial charge in [-0.1, -0.05) is 35.4 Å². The van der Waals surface area contributed by atoms with E-state index in [1.807, 2.05) is 19.9 Å². The lowest BCUT2D eigenvalue weighted by Crippen LogP contribution is -2.55. The Kier molecular flexibility index (Phi) is 5.35. The summed E-state index contributed by atoms with van der Waals surface area (Å²) in [6, 6.07) is 15.9. The van der Waals surface area contributed by atoms with Crippen molar-refractivity contribution >= 4 is 11.8 Å². The number of carbonyl (C=O) groups is 2. The molecule has 0 fully saturated rings. The Labute approximate surface area is 147 Å². The Morgan fingerprint density at radius 3 is 1.56 bits per heavy atom. The third kappa shape index (κ3) is 4.52. The number of nitrogens with zero attached hydrogens (tertiary/aromatic N) is 2. The molecule has 5 nitrogen and oxygen atoms in total. The fourth-order valence-electron chi connectivity index (χ4n) is 2.15. The summed E-state index contributed by atoms with van der Waals surface area (Å²) in [5, 5.41) is 10.2. The van der Waals surface area contributed by atoms with Crippen molar-refractivity contribution in [2.75, 3.05) is 0 Å². The molecule has 2 aromatic carbocycles. The number of aryl methyl sites for hydroxylation is 2. The Bertz CT molecular complexity index is 758. The van der Waals surface area contributed by atoms with Gasteiger partial charge >= 0.3 is 0 Å². The Hall–Kier alpha value is -2.97. The van der Waals surface area contributed by atoms with E-state index in [0.29, 0.717) is 11.1 Å². The number of amides is 2. The quantitative estimate of drug-likeness (QED) is 0.686. The van der Waals surface area contributed by atoms with Gasteiger partial charge in [-0.25, -0.2) is 10.4 Å². The minimum absolute atomic E-state index is 0.368. The van der Waals surface area contributed by atoms with Gasteiger partial charge in [-0.2, -0.15) is 5.26 Å². The van der Waals surface area contributed by atoms with Gasteiger partial charge < -0.3 is 0 Å². The van der Waals surface area contributed by atoms with Crippen molar-refractivity contribution < 1.29 is 9.59 Å². The molecule has 0 aliphatic carbocycles. The topological polar surface area (TPSA) is 73.2 Å². The third-order valence-electron chi connectivity index (χ3n) is 3.67. The highest BCUT2D eigenvalue weighted by Crippen LogP contribution is 2.13. The van der Waals surface area contributed by atoms with E-state index >= 15 is 0 Å². The molecular formula is C20H21N3O2. The fourth-order valence-corrected chi connectivity index (χ4v) is 2.15. The van der Waals surface area contributed by atoms with Gasteiger partial charge in [0.25, 0.3) is 11.8 Å². The molecule has 2 amide bonds. The summed E-state index contributed by atoms with van der Waals surface area (Å²) in [6.45, 7) is 7.04. The summed E-state index contributed by atoms with van der Waals surface area (Å²) in [6.07, 6.45) is 0. The lowest BCUT2D eigenvalue weighted by atomic mass is 10.1. The van der Waals surface area contributed by atoms with Gasteiger partial charge in [0, 0.05) is 11.1 Å². The third-order valence-corrected chi connectivity index (χ3v) is 3.67. The molecule has 0 atom stereocenters. The number of nitriles is 1. The number of benzene rings is 2. The number of hydrogen-bond donors (Lipinski definition) is 1. The highest BCUT2D eigenvalue weighted by molar-refractivity contribution is 6.09. The monoisotopic (exact) mass is 335 g/mol. The van der Waals surface area contributed by atoms with Gasteiger partial charge in [0.1, 0.15) is 5.54 Å². The number of rotatable bonds is 4. The van der Waals surface area contributed by atoms with Crippen molar-refractivity contribution in [3.8, 4) is 6.07 Å². The molecule has 1 N–H and O–H groups in total. The van der Waals surface area contributed by atoms with Crippen LogP contribution in [0.2, 0.25) is 0 Å². The van der Waals surface area contributed by atoms with E-state index in [2.05, 4.69) is 5.43 Å². The van der Waals surface area contributed by atoms with Crippen LogP contribution in [0, 0.1) is 25.2 Å². The van der Waals surface area contributed by atoms with E-state index in [-0.39, 0.29) is 0 Å². The predicted octanol–water partition coefficient (Wildman–Crippen LogP) is 3.39. The maximum Gasteiger partial charge on any atom is 0.275 e. The Morgan fingerprint density at radius 1 is 0.880 bits per heavy atom. The smallest absolute Gasteiger partial charge is 0.267 e. The molecule has 0 radical (unpaired) electrons. The molecule has 0 aromatic heterocycles. The highest BCUT2D eigenvalue weighted by Gasteiger charge is 2.30. The average Bonchev–Trinajstić information content (AvgIpc) is 2.60. The van der Waals surface area contributed by atoms with Crippen LogP contribution in [0.25, 0.3) is 0 Å². The zero-order valence-electron chi connectivity index (χ0n) is 14.8. The number of carbonyl (C=O) groups excluding carboxylic acids is 2. The lowest BCUT2D eigenvalue weighted by molar-refractivity contribution is 0.0474. The van der Waals surface area contributed by atoms with Crippen LogP contribution in [-0.2, 0) is 0 Å². The predicted molar refractivity (Wildman–Crippen MR) is 95.7 cm³/mol. The van der Waals surface area contributed by atoms with Crippen LogP contribution in [0.3, 0.4) is 0 Å². The molecule has 2 rings (SSSR count). The largest absolute Gasteiger partial charge is 0.275 e. The molecule has 0 saturated heterocycles. The zero-order valence-corrected chi connectivity index (χ0v) is 14.8. The molecule has 128 valence electrons. The minimum atomic E-state index is -1.08. The van der Waals surface area contributed by atoms with E-state index in [4.69, 9.17) is 0 Å². The average molecular weight is 335 g/mol. The zero-order chi connectivity index (χ0) is 18.6. The Balaban J connectivity index is 2.40. The second-order valence-corrected chi connectivity index (χ2v) is 6.53. The van der Waals surface area contributed by atoms with E-state index < -0.39 is 17.4 Å². The molecular weight excluding hydrogens is 314 g/mol. The summed E-state index contributed by atoms with van der Waals surface area (Å²) in [7, 11) is 0. The summed E-state index contributed by atoms with van der Waals surface area (Å²) in [5.74, 6) is -1.01. The summed E-state index contributed by atoms with van der Waals surface area (Å²) >= 11 is 0. The SMILES string of the molecule is Cc1ccc(C(=O)N(NC(C)(C)C#N)C(=O)c2ccc(C)cc2)cc1. The standard InChI is InChI=1S/C20H21N3O2/c1-14-5-9-16(10-6-14)18(24)23(22-20(3,4)13-21)19(25)17-11-7-15(2)8-12-17/h5-12,22H,1-4H3. The molecule has 2 aromatic rings. The first-order valence-corrected chi connectivity index (χ1v) is 7.95. The molecule has 0 aliphatic rings. The van der Waals surface area contributed by atoms with E-state index in [0.717, 1.165) is 16.1 Å². The van der Waals surface area contributed by atoms with Crippen LogP contribution in [0.1, 0.15) is 45.7 Å². The number of hydrazine groups is 1. The van der Waals surface area contributed by atoms with Crippen LogP contribution >= 0.6 is 0 Å². The van der Waals surface area contributed by atoms with Crippen molar-refractivity contribution in [1.29, 1.82) is 5.26 Å². The summed E-state index contributed by atoms with van der Waals surface area (Å²) in [5.41, 5.74) is 4.42. The van der Waals surface area contributed by atoms with Gasteiger partial charge in [-0.05, 0) is 52.0 Å². The van der Waals surface area contributed by atoms with Crippen LogP contribution in [0.15, 0.2) is 48.5 Å². The van der Waals surface area contributed by atoms with Crippen molar-refractivity contribution in [1.82, 2.24) is 10.4 Å². The first kappa shape index (κ1) is 18.4. The first-order chi connectivity index (χ1) is 11.7. The van der Waals surface area contributed by atoms with Crippen molar-refractivity contribution in [3.05, 3.63) is 70.8 Å². The van der Waals surface area contributed by atoms with E-state index in [9.17, 15) is 14.9 Å². The summed E-state index contributed by atoms with van der Waals surface area (Å²) < 4.78 is 0. The molecule has 0 unspecified atom stereocenters. The van der Waals surface area contributed by atoms with Crippen molar-refractivity contribution in [3.63, 3.8) is 0 Å². The maximum absolute atomic E-state index is 12.9. The second-order valence-electron chi connectivity index (χ2n) is 6.53. The molecule has 0 bridgehead atoms. The fraction of sp³-hybridized carbons (Fsp3) is 0.250.